The molecule has 0 saturated heterocycles. The minimum atomic E-state index is -0.258. The van der Waals surface area contributed by atoms with Crippen molar-refractivity contribution in [1.82, 2.24) is 0 Å². The molecular formula is C12H12ClNO2S. The second-order valence-corrected chi connectivity index (χ2v) is 5.00. The van der Waals surface area contributed by atoms with Crippen LogP contribution in [0, 0.1) is 0 Å². The fourth-order valence-corrected chi connectivity index (χ4v) is 2.73. The van der Waals surface area contributed by atoms with E-state index in [1.54, 1.807) is 11.8 Å². The number of anilines is 1. The first-order valence-corrected chi connectivity index (χ1v) is 6.64. The fourth-order valence-electron chi connectivity index (χ4n) is 1.55. The van der Waals surface area contributed by atoms with Crippen molar-refractivity contribution in [3.8, 4) is 0 Å². The monoisotopic (exact) mass is 269 g/mol. The zero-order valence-electron chi connectivity index (χ0n) is 9.33. The molecule has 3 nitrogen and oxygen atoms in total. The number of carbonyl (C=O) groups excluding carboxylic acids is 1. The molecule has 1 aliphatic rings. The second-order valence-electron chi connectivity index (χ2n) is 3.57. The Morgan fingerprint density at radius 3 is 2.71 bits per heavy atom. The van der Waals surface area contributed by atoms with Crippen LogP contribution in [0.15, 0.2) is 35.5 Å². The van der Waals surface area contributed by atoms with Crippen LogP contribution in [0.3, 0.4) is 0 Å². The average Bonchev–Trinajstić information content (AvgIpc) is 2.79. The zero-order chi connectivity index (χ0) is 12.3. The van der Waals surface area contributed by atoms with Crippen LogP contribution in [0.1, 0.15) is 0 Å². The van der Waals surface area contributed by atoms with Gasteiger partial charge in [0.05, 0.1) is 12.7 Å². The Bertz CT molecular complexity index is 456. The quantitative estimate of drug-likeness (QED) is 0.857. The lowest BCUT2D eigenvalue weighted by Gasteiger charge is -2.09. The Morgan fingerprint density at radius 1 is 1.35 bits per heavy atom. The molecule has 0 amide bonds. The molecule has 0 bridgehead atoms. The lowest BCUT2D eigenvalue weighted by atomic mass is 10.2. The number of rotatable bonds is 3. The molecule has 1 heterocycles. The molecule has 0 fully saturated rings. The number of hydrogen-bond donors (Lipinski definition) is 1. The highest BCUT2D eigenvalue weighted by atomic mass is 35.5. The molecule has 5 heteroatoms. The smallest absolute Gasteiger partial charge is 0.336 e. The van der Waals surface area contributed by atoms with Crippen LogP contribution in [0.2, 0.25) is 5.02 Å². The Balaban J connectivity index is 2.17. The van der Waals surface area contributed by atoms with Crippen LogP contribution < -0.4 is 5.32 Å². The van der Waals surface area contributed by atoms with E-state index in [0.29, 0.717) is 16.3 Å². The Hall–Kier alpha value is -1.13. The minimum absolute atomic E-state index is 0.258. The van der Waals surface area contributed by atoms with Crippen LogP contribution in [-0.4, -0.2) is 24.6 Å². The maximum absolute atomic E-state index is 11.5. The Kier molecular flexibility index (Phi) is 3.97. The summed E-state index contributed by atoms with van der Waals surface area (Å²) in [5, 5.41) is 3.93. The molecule has 0 radical (unpaired) electrons. The number of esters is 1. The van der Waals surface area contributed by atoms with Gasteiger partial charge in [-0.05, 0) is 24.3 Å². The van der Waals surface area contributed by atoms with Gasteiger partial charge in [0.25, 0.3) is 0 Å². The van der Waals surface area contributed by atoms with Crippen molar-refractivity contribution in [2.75, 3.05) is 23.9 Å². The van der Waals surface area contributed by atoms with Gasteiger partial charge in [0.15, 0.2) is 0 Å². The van der Waals surface area contributed by atoms with Crippen LogP contribution in [0.4, 0.5) is 5.69 Å². The molecular weight excluding hydrogens is 258 g/mol. The van der Waals surface area contributed by atoms with Crippen LogP contribution in [0.25, 0.3) is 0 Å². The van der Waals surface area contributed by atoms with Gasteiger partial charge in [-0.2, -0.15) is 11.8 Å². The third kappa shape index (κ3) is 2.96. The predicted molar refractivity (Wildman–Crippen MR) is 71.4 cm³/mol. The number of benzene rings is 1. The molecule has 1 N–H and O–H groups in total. The summed E-state index contributed by atoms with van der Waals surface area (Å²) in [5.74, 6) is 1.24. The van der Waals surface area contributed by atoms with Crippen LogP contribution >= 0.6 is 23.4 Å². The van der Waals surface area contributed by atoms with E-state index in [2.05, 4.69) is 5.32 Å². The topological polar surface area (TPSA) is 38.3 Å². The molecule has 0 unspecified atom stereocenters. The molecule has 90 valence electrons. The third-order valence-corrected chi connectivity index (χ3v) is 3.67. The molecule has 17 heavy (non-hydrogen) atoms. The summed E-state index contributed by atoms with van der Waals surface area (Å²) in [4.78, 5) is 11.5. The molecule has 0 spiro atoms. The van der Waals surface area contributed by atoms with E-state index < -0.39 is 0 Å². The summed E-state index contributed by atoms with van der Waals surface area (Å²) in [5.41, 5.74) is 2.56. The number of halogens is 1. The van der Waals surface area contributed by atoms with Gasteiger partial charge in [-0.1, -0.05) is 11.6 Å². The molecule has 1 aliphatic heterocycles. The summed E-state index contributed by atoms with van der Waals surface area (Å²) < 4.78 is 4.75. The number of nitrogens with one attached hydrogen (secondary N) is 1. The standard InChI is InChI=1S/C12H12ClNO2S/c1-16-12(15)10-6-17-7-11(10)14-9-4-2-8(13)3-5-9/h2-5,14H,6-7H2,1H3. The van der Waals surface area contributed by atoms with Gasteiger partial charge < -0.3 is 10.1 Å². The van der Waals surface area contributed by atoms with Crippen LogP contribution in [-0.2, 0) is 9.53 Å². The number of hydrogen-bond acceptors (Lipinski definition) is 4. The molecule has 1 aromatic rings. The normalized spacial score (nSPS) is 14.9. The molecule has 0 atom stereocenters. The van der Waals surface area contributed by atoms with E-state index in [1.165, 1.54) is 7.11 Å². The van der Waals surface area contributed by atoms with E-state index in [-0.39, 0.29) is 5.97 Å². The molecule has 2 rings (SSSR count). The van der Waals surface area contributed by atoms with E-state index in [9.17, 15) is 4.79 Å². The SMILES string of the molecule is COC(=O)C1=C(Nc2ccc(Cl)cc2)CSC1. The zero-order valence-corrected chi connectivity index (χ0v) is 10.9. The van der Waals surface area contributed by atoms with Gasteiger partial charge in [0, 0.05) is 27.9 Å². The Labute approximate surface area is 109 Å². The maximum atomic E-state index is 11.5. The number of carbonyl (C=O) groups is 1. The van der Waals surface area contributed by atoms with Gasteiger partial charge >= 0.3 is 5.97 Å². The third-order valence-electron chi connectivity index (χ3n) is 2.43. The van der Waals surface area contributed by atoms with Gasteiger partial charge in [0.1, 0.15) is 0 Å². The van der Waals surface area contributed by atoms with Crippen molar-refractivity contribution in [2.24, 2.45) is 0 Å². The number of methoxy groups -OCH3 is 1. The van der Waals surface area contributed by atoms with Crippen molar-refractivity contribution in [1.29, 1.82) is 0 Å². The summed E-state index contributed by atoms with van der Waals surface area (Å²) in [6, 6.07) is 7.38. The fraction of sp³-hybridized carbons (Fsp3) is 0.250. The molecule has 0 aliphatic carbocycles. The van der Waals surface area contributed by atoms with Crippen molar-refractivity contribution >= 4 is 35.0 Å². The average molecular weight is 270 g/mol. The first-order valence-electron chi connectivity index (χ1n) is 5.11. The first kappa shape index (κ1) is 12.3. The highest BCUT2D eigenvalue weighted by Gasteiger charge is 2.21. The predicted octanol–water partition coefficient (Wildman–Crippen LogP) is 2.93. The summed E-state index contributed by atoms with van der Waals surface area (Å²) in [6.45, 7) is 0. The minimum Gasteiger partial charge on any atom is -0.466 e. The van der Waals surface area contributed by atoms with E-state index in [1.807, 2.05) is 24.3 Å². The van der Waals surface area contributed by atoms with Gasteiger partial charge in [-0.25, -0.2) is 4.79 Å². The number of thioether (sulfide) groups is 1. The number of ether oxygens (including phenoxy) is 1. The summed E-state index contributed by atoms with van der Waals surface area (Å²) in [7, 11) is 1.40. The van der Waals surface area contributed by atoms with Crippen molar-refractivity contribution in [3.05, 3.63) is 40.6 Å². The lowest BCUT2D eigenvalue weighted by molar-refractivity contribution is -0.136. The highest BCUT2D eigenvalue weighted by Crippen LogP contribution is 2.27. The first-order chi connectivity index (χ1) is 8.20. The maximum Gasteiger partial charge on any atom is 0.336 e. The van der Waals surface area contributed by atoms with Crippen molar-refractivity contribution in [3.63, 3.8) is 0 Å². The van der Waals surface area contributed by atoms with Gasteiger partial charge in [0.2, 0.25) is 0 Å². The van der Waals surface area contributed by atoms with E-state index >= 15 is 0 Å². The highest BCUT2D eigenvalue weighted by molar-refractivity contribution is 8.00. The van der Waals surface area contributed by atoms with Crippen molar-refractivity contribution < 1.29 is 9.53 Å². The summed E-state index contributed by atoms with van der Waals surface area (Å²) >= 11 is 7.50. The van der Waals surface area contributed by atoms with Crippen LogP contribution in [0.5, 0.6) is 0 Å². The molecule has 0 aromatic heterocycles. The van der Waals surface area contributed by atoms with Crippen molar-refractivity contribution in [2.45, 2.75) is 0 Å². The lowest BCUT2D eigenvalue weighted by Crippen LogP contribution is -2.11. The molecule has 0 saturated carbocycles. The van der Waals surface area contributed by atoms with E-state index in [0.717, 1.165) is 17.1 Å². The van der Waals surface area contributed by atoms with E-state index in [4.69, 9.17) is 16.3 Å². The second kappa shape index (κ2) is 5.47. The Morgan fingerprint density at radius 2 is 2.06 bits per heavy atom. The van der Waals surface area contributed by atoms with Gasteiger partial charge in [-0.3, -0.25) is 0 Å². The van der Waals surface area contributed by atoms with Gasteiger partial charge in [-0.15, -0.1) is 0 Å². The summed E-state index contributed by atoms with van der Waals surface area (Å²) in [6.07, 6.45) is 0. The molecule has 1 aromatic carbocycles. The largest absolute Gasteiger partial charge is 0.466 e.